The van der Waals surface area contributed by atoms with Crippen LogP contribution in [0.25, 0.3) is 0 Å². The average molecular weight is 529 g/mol. The van der Waals surface area contributed by atoms with Crippen LogP contribution in [0.5, 0.6) is 0 Å². The number of aliphatic imine (C=N–C) groups is 1. The Morgan fingerprint density at radius 3 is 2.53 bits per heavy atom. The largest absolute Gasteiger partial charge is 0.379 e. The van der Waals surface area contributed by atoms with Crippen molar-refractivity contribution in [3.63, 3.8) is 0 Å². The van der Waals surface area contributed by atoms with Crippen LogP contribution in [0.4, 0.5) is 5.69 Å². The Morgan fingerprint density at radius 2 is 1.90 bits per heavy atom. The van der Waals surface area contributed by atoms with Crippen molar-refractivity contribution in [2.24, 2.45) is 10.9 Å². The predicted octanol–water partition coefficient (Wildman–Crippen LogP) is 2.77. The molecule has 2 heterocycles. The molecule has 2 aliphatic heterocycles. The number of nitrogens with zero attached hydrogens (tertiary/aromatic N) is 3. The maximum absolute atomic E-state index is 11.8. The van der Waals surface area contributed by atoms with Gasteiger partial charge in [0.25, 0.3) is 0 Å². The van der Waals surface area contributed by atoms with Crippen molar-refractivity contribution in [2.75, 3.05) is 51.3 Å². The van der Waals surface area contributed by atoms with E-state index < -0.39 is 0 Å². The Bertz CT molecular complexity index is 689. The van der Waals surface area contributed by atoms with Crippen LogP contribution in [0.2, 0.25) is 0 Å². The number of hydrogen-bond acceptors (Lipinski definition) is 4. The first-order valence-corrected chi connectivity index (χ1v) is 10.8. The van der Waals surface area contributed by atoms with Gasteiger partial charge in [0.2, 0.25) is 5.91 Å². The van der Waals surface area contributed by atoms with Gasteiger partial charge in [0.05, 0.1) is 19.8 Å². The molecule has 1 amide bonds. The lowest BCUT2D eigenvalue weighted by Gasteiger charge is -2.32. The lowest BCUT2D eigenvalue weighted by atomic mass is 10.2. The van der Waals surface area contributed by atoms with E-state index in [0.717, 1.165) is 63.1 Å². The average Bonchev–Trinajstić information content (AvgIpc) is 3.23. The predicted molar refractivity (Wildman–Crippen MR) is 133 cm³/mol. The summed E-state index contributed by atoms with van der Waals surface area (Å²) in [5.41, 5.74) is 1.96. The molecule has 2 fully saturated rings. The molecule has 0 spiro atoms. The number of guanidine groups is 1. The summed E-state index contributed by atoms with van der Waals surface area (Å²) in [6.45, 7) is 13.2. The number of likely N-dealkylation sites (tertiary alicyclic amines) is 1. The van der Waals surface area contributed by atoms with Crippen LogP contribution >= 0.6 is 24.0 Å². The van der Waals surface area contributed by atoms with Crippen LogP contribution in [0.15, 0.2) is 29.3 Å². The highest BCUT2D eigenvalue weighted by Crippen LogP contribution is 2.18. The van der Waals surface area contributed by atoms with Crippen molar-refractivity contribution >= 4 is 41.5 Å². The molecule has 8 heteroatoms. The minimum absolute atomic E-state index is 0. The minimum atomic E-state index is -0.0243. The third-order valence-corrected chi connectivity index (χ3v) is 5.52. The Labute approximate surface area is 197 Å². The maximum Gasteiger partial charge on any atom is 0.226 e. The fourth-order valence-corrected chi connectivity index (χ4v) is 3.75. The molecular weight excluding hydrogens is 493 g/mol. The summed E-state index contributed by atoms with van der Waals surface area (Å²) >= 11 is 0. The van der Waals surface area contributed by atoms with Gasteiger partial charge in [-0.3, -0.25) is 9.69 Å². The summed E-state index contributed by atoms with van der Waals surface area (Å²) in [6.07, 6.45) is 1.18. The number of nitrogens with one attached hydrogen (secondary N) is 2. The molecule has 1 aromatic carbocycles. The first-order valence-electron chi connectivity index (χ1n) is 10.8. The lowest BCUT2D eigenvalue weighted by molar-refractivity contribution is -0.118. The third kappa shape index (κ3) is 7.09. The van der Waals surface area contributed by atoms with Crippen LogP contribution in [-0.4, -0.2) is 73.6 Å². The SMILES string of the molecule is CCNC(=NCc1ccc(NC(=O)C(C)C)cc1)N1CCC(N2CCOCC2)C1.I. The fourth-order valence-electron chi connectivity index (χ4n) is 3.75. The molecule has 2 N–H and O–H groups in total. The highest BCUT2D eigenvalue weighted by molar-refractivity contribution is 14.0. The molecule has 1 atom stereocenters. The number of benzene rings is 1. The number of amides is 1. The molecule has 3 rings (SSSR count). The van der Waals surface area contributed by atoms with Crippen LogP contribution in [0, 0.1) is 5.92 Å². The van der Waals surface area contributed by atoms with Crippen LogP contribution in [-0.2, 0) is 16.1 Å². The van der Waals surface area contributed by atoms with Crippen LogP contribution in [0.3, 0.4) is 0 Å². The summed E-state index contributed by atoms with van der Waals surface area (Å²) in [4.78, 5) is 21.6. The van der Waals surface area contributed by atoms with Gasteiger partial charge >= 0.3 is 0 Å². The van der Waals surface area contributed by atoms with Gasteiger partial charge < -0.3 is 20.3 Å². The van der Waals surface area contributed by atoms with E-state index in [4.69, 9.17) is 9.73 Å². The molecule has 1 unspecified atom stereocenters. The monoisotopic (exact) mass is 529 g/mol. The van der Waals surface area contributed by atoms with Gasteiger partial charge in [-0.2, -0.15) is 0 Å². The number of carbonyl (C=O) groups is 1. The van der Waals surface area contributed by atoms with Crippen molar-refractivity contribution in [3.8, 4) is 0 Å². The molecule has 0 saturated carbocycles. The maximum atomic E-state index is 11.8. The molecule has 0 radical (unpaired) electrons. The van der Waals surface area contributed by atoms with Gasteiger partial charge in [-0.15, -0.1) is 24.0 Å². The van der Waals surface area contributed by atoms with Crippen molar-refractivity contribution in [3.05, 3.63) is 29.8 Å². The van der Waals surface area contributed by atoms with E-state index in [-0.39, 0.29) is 35.8 Å². The summed E-state index contributed by atoms with van der Waals surface area (Å²) in [7, 11) is 0. The van der Waals surface area contributed by atoms with Gasteiger partial charge in [0.15, 0.2) is 5.96 Å². The molecule has 30 heavy (non-hydrogen) atoms. The molecule has 7 nitrogen and oxygen atoms in total. The van der Waals surface area contributed by atoms with Gasteiger partial charge in [-0.1, -0.05) is 26.0 Å². The van der Waals surface area contributed by atoms with Gasteiger partial charge in [-0.05, 0) is 31.0 Å². The Balaban J connectivity index is 0.00000320. The number of carbonyl (C=O) groups excluding carboxylic acids is 1. The number of morpholine rings is 1. The zero-order valence-corrected chi connectivity index (χ0v) is 20.7. The van der Waals surface area contributed by atoms with Crippen molar-refractivity contribution in [1.29, 1.82) is 0 Å². The lowest BCUT2D eigenvalue weighted by Crippen LogP contribution is -2.46. The van der Waals surface area contributed by atoms with E-state index in [1.54, 1.807) is 0 Å². The van der Waals surface area contributed by atoms with Crippen molar-refractivity contribution < 1.29 is 9.53 Å². The van der Waals surface area contributed by atoms with Crippen LogP contribution in [0.1, 0.15) is 32.8 Å². The number of hydrogen-bond donors (Lipinski definition) is 2. The standard InChI is InChI=1S/C22H35N5O2.HI/c1-4-23-22(27-10-9-20(16-27)26-11-13-29-14-12-26)24-15-18-5-7-19(8-6-18)25-21(28)17(2)3;/h5-8,17,20H,4,9-16H2,1-3H3,(H,23,24)(H,25,28);1H. The van der Waals surface area contributed by atoms with Gasteiger partial charge in [0.1, 0.15) is 0 Å². The third-order valence-electron chi connectivity index (χ3n) is 5.52. The highest BCUT2D eigenvalue weighted by atomic mass is 127. The number of ether oxygens (including phenoxy) is 1. The van der Waals surface area contributed by atoms with E-state index in [0.29, 0.717) is 12.6 Å². The van der Waals surface area contributed by atoms with E-state index >= 15 is 0 Å². The molecular formula is C22H36IN5O2. The molecule has 2 aliphatic rings. The quantitative estimate of drug-likeness (QED) is 0.337. The van der Waals surface area contributed by atoms with E-state index in [1.807, 2.05) is 38.1 Å². The summed E-state index contributed by atoms with van der Waals surface area (Å²) in [5.74, 6) is 0.998. The van der Waals surface area contributed by atoms with E-state index in [2.05, 4.69) is 27.4 Å². The zero-order chi connectivity index (χ0) is 20.6. The Kier molecular flexibility index (Phi) is 10.3. The Hall–Kier alpha value is -1.39. The van der Waals surface area contributed by atoms with Crippen molar-refractivity contribution in [1.82, 2.24) is 15.1 Å². The summed E-state index contributed by atoms with van der Waals surface area (Å²) in [5, 5.41) is 6.37. The molecule has 0 aromatic heterocycles. The second-order valence-electron chi connectivity index (χ2n) is 8.05. The van der Waals surface area contributed by atoms with E-state index in [1.165, 1.54) is 6.42 Å². The first-order chi connectivity index (χ1) is 14.1. The first kappa shape index (κ1) is 24.9. The molecule has 0 aliphatic carbocycles. The fraction of sp³-hybridized carbons (Fsp3) is 0.636. The zero-order valence-electron chi connectivity index (χ0n) is 18.4. The molecule has 0 bridgehead atoms. The van der Waals surface area contributed by atoms with Gasteiger partial charge in [-0.25, -0.2) is 4.99 Å². The number of halogens is 1. The second-order valence-corrected chi connectivity index (χ2v) is 8.05. The summed E-state index contributed by atoms with van der Waals surface area (Å²) in [6, 6.07) is 8.55. The molecule has 168 valence electrons. The second kappa shape index (κ2) is 12.5. The van der Waals surface area contributed by atoms with E-state index in [9.17, 15) is 4.79 Å². The smallest absolute Gasteiger partial charge is 0.226 e. The minimum Gasteiger partial charge on any atom is -0.379 e. The number of anilines is 1. The molecule has 1 aromatic rings. The Morgan fingerprint density at radius 1 is 1.20 bits per heavy atom. The van der Waals surface area contributed by atoms with Crippen molar-refractivity contribution in [2.45, 2.75) is 39.8 Å². The highest BCUT2D eigenvalue weighted by Gasteiger charge is 2.30. The topological polar surface area (TPSA) is 69.2 Å². The van der Waals surface area contributed by atoms with Crippen LogP contribution < -0.4 is 10.6 Å². The summed E-state index contributed by atoms with van der Waals surface area (Å²) < 4.78 is 5.49. The number of rotatable bonds is 6. The van der Waals surface area contributed by atoms with Gasteiger partial charge in [0, 0.05) is 50.4 Å². The normalized spacial score (nSPS) is 20.2. The molecule has 2 saturated heterocycles.